The van der Waals surface area contributed by atoms with E-state index in [4.69, 9.17) is 37.0 Å². The third-order valence-corrected chi connectivity index (χ3v) is 18.2. The Balaban J connectivity index is 5.17. The van der Waals surface area contributed by atoms with Crippen molar-refractivity contribution in [3.05, 3.63) is 0 Å². The Bertz CT molecular complexity index is 1720. The van der Waals surface area contributed by atoms with Crippen LogP contribution in [0.15, 0.2) is 0 Å². The number of carbonyl (C=O) groups excluding carboxylic acids is 4. The van der Waals surface area contributed by atoms with Gasteiger partial charge in [0.05, 0.1) is 26.4 Å². The highest BCUT2D eigenvalue weighted by atomic mass is 31.2. The summed E-state index contributed by atoms with van der Waals surface area (Å²) < 4.78 is 68.2. The van der Waals surface area contributed by atoms with Gasteiger partial charge < -0.3 is 33.8 Å². The lowest BCUT2D eigenvalue weighted by atomic mass is 10.0. The summed E-state index contributed by atoms with van der Waals surface area (Å²) in [6.45, 7) is 7.16. The van der Waals surface area contributed by atoms with Crippen LogP contribution in [0.3, 0.4) is 0 Å². The molecule has 0 bridgehead atoms. The second-order valence-corrected chi connectivity index (χ2v) is 28.7. The van der Waals surface area contributed by atoms with E-state index in [1.807, 2.05) is 0 Å². The molecule has 3 N–H and O–H groups in total. The first-order valence-electron chi connectivity index (χ1n) is 36.6. The average molecular weight is 1310 g/mol. The number of unbranched alkanes of at least 4 members (excludes halogenated alkanes) is 42. The fraction of sp³-hybridized carbons (Fsp3) is 0.943. The second-order valence-electron chi connectivity index (χ2n) is 25.7. The minimum atomic E-state index is -4.95. The summed E-state index contributed by atoms with van der Waals surface area (Å²) in [5.74, 6) is -1.41. The standard InChI is InChI=1S/C70H136O17P2/c1-6-9-12-15-18-20-22-24-25-26-27-28-29-30-32-34-40-45-50-55-69(74)86-66(60-81-68(73)54-49-44-39-33-31-23-21-19-16-13-10-7-2)62-85-89(78,79)83-58-64(71)57-82-88(76,77)84-61-65(59-80-67(72)53-48-43-37-17-14-11-8-3)87-70(75)56-51-46-41-36-35-38-42-47-52-63(4)5/h63-66,71H,6-62H2,1-5H3,(H,76,77)(H,78,79)/t64-,65+,66+/m0/s1. The molecule has 0 aliphatic rings. The summed E-state index contributed by atoms with van der Waals surface area (Å²) in [6, 6.07) is 0. The van der Waals surface area contributed by atoms with Crippen LogP contribution in [0, 0.1) is 5.92 Å². The normalized spacial score (nSPS) is 14.1. The zero-order valence-electron chi connectivity index (χ0n) is 57.6. The van der Waals surface area contributed by atoms with Gasteiger partial charge in [0, 0.05) is 25.7 Å². The molecular formula is C70H136O17P2. The molecule has 0 aromatic heterocycles. The predicted octanol–water partition coefficient (Wildman–Crippen LogP) is 20.1. The largest absolute Gasteiger partial charge is 0.472 e. The summed E-state index contributed by atoms with van der Waals surface area (Å²) in [6.07, 6.45) is 50.2. The zero-order chi connectivity index (χ0) is 65.6. The van der Waals surface area contributed by atoms with Crippen molar-refractivity contribution in [2.24, 2.45) is 5.92 Å². The van der Waals surface area contributed by atoms with Crippen molar-refractivity contribution in [1.82, 2.24) is 0 Å². The van der Waals surface area contributed by atoms with Gasteiger partial charge in [-0.3, -0.25) is 37.3 Å². The topological polar surface area (TPSA) is 237 Å². The lowest BCUT2D eigenvalue weighted by Crippen LogP contribution is -2.30. The van der Waals surface area contributed by atoms with Crippen LogP contribution in [0.2, 0.25) is 0 Å². The lowest BCUT2D eigenvalue weighted by molar-refractivity contribution is -0.161. The molecule has 5 atom stereocenters. The Labute approximate surface area is 543 Å². The monoisotopic (exact) mass is 1310 g/mol. The third kappa shape index (κ3) is 64.6. The SMILES string of the molecule is CCCCCCCCCCCCCCCCCCCCCC(=O)O[C@H](COC(=O)CCCCCCCCCCCCCC)COP(=O)(O)OC[C@@H](O)COP(=O)(O)OC[C@@H](COC(=O)CCCCCCCCC)OC(=O)CCCCCCCCCCC(C)C. The van der Waals surface area contributed by atoms with Crippen molar-refractivity contribution in [2.75, 3.05) is 39.6 Å². The fourth-order valence-electron chi connectivity index (χ4n) is 10.6. The lowest BCUT2D eigenvalue weighted by Gasteiger charge is -2.21. The number of esters is 4. The molecular weight excluding hydrogens is 1170 g/mol. The quantitative estimate of drug-likeness (QED) is 0.0222. The van der Waals surface area contributed by atoms with Crippen molar-refractivity contribution in [1.29, 1.82) is 0 Å². The third-order valence-electron chi connectivity index (χ3n) is 16.3. The number of hydrogen-bond acceptors (Lipinski definition) is 15. The molecule has 0 radical (unpaired) electrons. The van der Waals surface area contributed by atoms with E-state index in [1.54, 1.807) is 0 Å². The van der Waals surface area contributed by atoms with E-state index in [0.717, 1.165) is 109 Å². The highest BCUT2D eigenvalue weighted by Gasteiger charge is 2.30. The number of carbonyl (C=O) groups is 4. The molecule has 0 aliphatic carbocycles. The summed E-state index contributed by atoms with van der Waals surface area (Å²) in [5.41, 5.74) is 0. The number of hydrogen-bond donors (Lipinski definition) is 3. The van der Waals surface area contributed by atoms with Gasteiger partial charge in [0.15, 0.2) is 12.2 Å². The Morgan fingerprint density at radius 2 is 0.517 bits per heavy atom. The van der Waals surface area contributed by atoms with Crippen molar-refractivity contribution < 1.29 is 80.2 Å². The molecule has 19 heteroatoms. The van der Waals surface area contributed by atoms with Crippen LogP contribution < -0.4 is 0 Å². The van der Waals surface area contributed by atoms with Crippen molar-refractivity contribution in [3.63, 3.8) is 0 Å². The van der Waals surface area contributed by atoms with Crippen molar-refractivity contribution in [2.45, 2.75) is 380 Å². The van der Waals surface area contributed by atoms with Crippen molar-refractivity contribution in [3.8, 4) is 0 Å². The molecule has 528 valence electrons. The van der Waals surface area contributed by atoms with E-state index in [9.17, 15) is 43.2 Å². The Hall–Kier alpha value is -1.94. The maximum absolute atomic E-state index is 13.0. The number of ether oxygens (including phenoxy) is 4. The molecule has 0 amide bonds. The van der Waals surface area contributed by atoms with Gasteiger partial charge in [-0.2, -0.15) is 0 Å². The van der Waals surface area contributed by atoms with Gasteiger partial charge in [-0.25, -0.2) is 9.13 Å². The number of aliphatic hydroxyl groups is 1. The van der Waals surface area contributed by atoms with Gasteiger partial charge in [-0.15, -0.1) is 0 Å². The highest BCUT2D eigenvalue weighted by molar-refractivity contribution is 7.47. The number of phosphoric acid groups is 2. The molecule has 17 nitrogen and oxygen atoms in total. The molecule has 0 rings (SSSR count). The maximum Gasteiger partial charge on any atom is 0.472 e. The summed E-state index contributed by atoms with van der Waals surface area (Å²) >= 11 is 0. The summed E-state index contributed by atoms with van der Waals surface area (Å²) in [4.78, 5) is 72.4. The van der Waals surface area contributed by atoms with Gasteiger partial charge >= 0.3 is 39.5 Å². The van der Waals surface area contributed by atoms with E-state index >= 15 is 0 Å². The van der Waals surface area contributed by atoms with E-state index in [1.165, 1.54) is 173 Å². The molecule has 0 aromatic rings. The molecule has 0 aliphatic heterocycles. The first-order chi connectivity index (χ1) is 43.0. The number of aliphatic hydroxyl groups excluding tert-OH is 1. The Kier molecular flexibility index (Phi) is 62.1. The maximum atomic E-state index is 13.0. The Morgan fingerprint density at radius 3 is 0.764 bits per heavy atom. The smallest absolute Gasteiger partial charge is 0.462 e. The van der Waals surface area contributed by atoms with Gasteiger partial charge in [0.2, 0.25) is 0 Å². The van der Waals surface area contributed by atoms with Crippen LogP contribution in [0.25, 0.3) is 0 Å². The minimum Gasteiger partial charge on any atom is -0.462 e. The van der Waals surface area contributed by atoms with E-state index in [2.05, 4.69) is 34.6 Å². The van der Waals surface area contributed by atoms with Gasteiger partial charge in [-0.1, -0.05) is 311 Å². The van der Waals surface area contributed by atoms with Crippen LogP contribution >= 0.6 is 15.6 Å². The summed E-state index contributed by atoms with van der Waals surface area (Å²) in [5, 5.41) is 10.6. The zero-order valence-corrected chi connectivity index (χ0v) is 59.4. The second kappa shape index (κ2) is 63.5. The minimum absolute atomic E-state index is 0.104. The van der Waals surface area contributed by atoms with Crippen LogP contribution in [0.1, 0.15) is 362 Å². The first kappa shape index (κ1) is 87.1. The van der Waals surface area contributed by atoms with E-state index in [0.29, 0.717) is 25.7 Å². The molecule has 0 aromatic carbocycles. The Morgan fingerprint density at radius 1 is 0.303 bits per heavy atom. The molecule has 89 heavy (non-hydrogen) atoms. The predicted molar refractivity (Wildman–Crippen MR) is 358 cm³/mol. The molecule has 0 saturated carbocycles. The van der Waals surface area contributed by atoms with Crippen LogP contribution in [-0.2, 0) is 65.4 Å². The number of phosphoric ester groups is 2. The molecule has 0 saturated heterocycles. The highest BCUT2D eigenvalue weighted by Crippen LogP contribution is 2.45. The van der Waals surface area contributed by atoms with Gasteiger partial charge in [0.1, 0.15) is 19.3 Å². The van der Waals surface area contributed by atoms with Crippen LogP contribution in [0.4, 0.5) is 0 Å². The van der Waals surface area contributed by atoms with Crippen molar-refractivity contribution >= 4 is 39.5 Å². The molecule has 0 spiro atoms. The van der Waals surface area contributed by atoms with Gasteiger partial charge in [0.25, 0.3) is 0 Å². The van der Waals surface area contributed by atoms with Crippen LogP contribution in [0.5, 0.6) is 0 Å². The fourth-order valence-corrected chi connectivity index (χ4v) is 12.2. The molecule has 2 unspecified atom stereocenters. The average Bonchev–Trinajstić information content (AvgIpc) is 3.65. The van der Waals surface area contributed by atoms with E-state index in [-0.39, 0.29) is 25.7 Å². The molecule has 0 heterocycles. The molecule has 0 fully saturated rings. The van der Waals surface area contributed by atoms with Gasteiger partial charge in [-0.05, 0) is 31.6 Å². The first-order valence-corrected chi connectivity index (χ1v) is 39.6. The number of rotatable bonds is 70. The van der Waals surface area contributed by atoms with E-state index < -0.39 is 97.5 Å². The summed E-state index contributed by atoms with van der Waals surface area (Å²) in [7, 11) is -9.89. The van der Waals surface area contributed by atoms with Crippen LogP contribution in [-0.4, -0.2) is 96.7 Å².